The van der Waals surface area contributed by atoms with Crippen molar-refractivity contribution in [2.24, 2.45) is 0 Å². The molecule has 2 aromatic rings. The fourth-order valence-electron chi connectivity index (χ4n) is 1.82. The van der Waals surface area contributed by atoms with Gasteiger partial charge in [0, 0.05) is 5.02 Å². The Hall–Kier alpha value is -2.33. The van der Waals surface area contributed by atoms with Crippen LogP contribution in [0.25, 0.3) is 0 Å². The number of ether oxygens (including phenoxy) is 2. The summed E-state index contributed by atoms with van der Waals surface area (Å²) in [7, 11) is 1.25. The molecule has 0 heterocycles. The Kier molecular flexibility index (Phi) is 4.60. The second-order valence-corrected chi connectivity index (χ2v) is 4.77. The average molecular weight is 305 g/mol. The Balaban J connectivity index is 2.34. The Morgan fingerprint density at radius 1 is 1.00 bits per heavy atom. The van der Waals surface area contributed by atoms with Crippen LogP contribution < -0.4 is 4.74 Å². The van der Waals surface area contributed by atoms with E-state index in [9.17, 15) is 9.59 Å². The summed E-state index contributed by atoms with van der Waals surface area (Å²) in [6, 6.07) is 11.4. The molecule has 4 nitrogen and oxygen atoms in total. The molecule has 0 aliphatic carbocycles. The first kappa shape index (κ1) is 15.1. The molecule has 0 saturated carbocycles. The van der Waals surface area contributed by atoms with Crippen LogP contribution in [0.3, 0.4) is 0 Å². The van der Waals surface area contributed by atoms with Crippen LogP contribution in [-0.2, 0) is 4.74 Å². The highest BCUT2D eigenvalue weighted by molar-refractivity contribution is 6.31. The summed E-state index contributed by atoms with van der Waals surface area (Å²) in [5.74, 6) is -1.05. The first-order valence-electron chi connectivity index (χ1n) is 6.18. The van der Waals surface area contributed by atoms with Gasteiger partial charge < -0.3 is 9.47 Å². The zero-order chi connectivity index (χ0) is 15.4. The third kappa shape index (κ3) is 3.41. The minimum atomic E-state index is -0.620. The summed E-state index contributed by atoms with van der Waals surface area (Å²) >= 11 is 5.85. The van der Waals surface area contributed by atoms with E-state index in [1.165, 1.54) is 25.3 Å². The van der Waals surface area contributed by atoms with Crippen molar-refractivity contribution in [1.82, 2.24) is 0 Å². The van der Waals surface area contributed by atoms with Crippen LogP contribution in [0.15, 0.2) is 42.5 Å². The third-order valence-corrected chi connectivity index (χ3v) is 3.15. The molecule has 0 N–H and O–H groups in total. The second-order valence-electron chi connectivity index (χ2n) is 4.34. The van der Waals surface area contributed by atoms with Gasteiger partial charge in [0.15, 0.2) is 0 Å². The smallest absolute Gasteiger partial charge is 0.343 e. The van der Waals surface area contributed by atoms with E-state index < -0.39 is 11.9 Å². The van der Waals surface area contributed by atoms with Crippen LogP contribution in [0.2, 0.25) is 5.02 Å². The van der Waals surface area contributed by atoms with Crippen molar-refractivity contribution in [2.45, 2.75) is 6.92 Å². The lowest BCUT2D eigenvalue weighted by molar-refractivity contribution is 0.0593. The summed E-state index contributed by atoms with van der Waals surface area (Å²) < 4.78 is 9.95. The van der Waals surface area contributed by atoms with Crippen molar-refractivity contribution in [2.75, 3.05) is 7.11 Å². The Morgan fingerprint density at radius 2 is 1.71 bits per heavy atom. The summed E-state index contributed by atoms with van der Waals surface area (Å²) in [6.45, 7) is 1.81. The molecule has 0 atom stereocenters. The average Bonchev–Trinajstić information content (AvgIpc) is 2.48. The van der Waals surface area contributed by atoms with E-state index in [-0.39, 0.29) is 11.3 Å². The van der Waals surface area contributed by atoms with Gasteiger partial charge in [0.05, 0.1) is 12.7 Å². The summed E-state index contributed by atoms with van der Waals surface area (Å²) in [4.78, 5) is 23.9. The predicted molar refractivity (Wildman–Crippen MR) is 78.9 cm³/mol. The van der Waals surface area contributed by atoms with Gasteiger partial charge in [-0.1, -0.05) is 29.8 Å². The van der Waals surface area contributed by atoms with E-state index >= 15 is 0 Å². The SMILES string of the molecule is COC(=O)c1cc(Cl)ccc1OC(=O)c1ccccc1C. The van der Waals surface area contributed by atoms with E-state index in [1.807, 2.05) is 6.07 Å². The van der Waals surface area contributed by atoms with E-state index in [0.29, 0.717) is 10.6 Å². The molecule has 0 aromatic heterocycles. The number of hydrogen-bond acceptors (Lipinski definition) is 4. The number of aryl methyl sites for hydroxylation is 1. The monoisotopic (exact) mass is 304 g/mol. The van der Waals surface area contributed by atoms with Crippen molar-refractivity contribution < 1.29 is 19.1 Å². The van der Waals surface area contributed by atoms with Crippen molar-refractivity contribution in [1.29, 1.82) is 0 Å². The fraction of sp³-hybridized carbons (Fsp3) is 0.125. The van der Waals surface area contributed by atoms with Crippen molar-refractivity contribution in [3.05, 3.63) is 64.2 Å². The first-order chi connectivity index (χ1) is 10.0. The normalized spacial score (nSPS) is 10.0. The van der Waals surface area contributed by atoms with Gasteiger partial charge in [-0.3, -0.25) is 0 Å². The molecule has 0 amide bonds. The zero-order valence-electron chi connectivity index (χ0n) is 11.6. The van der Waals surface area contributed by atoms with Gasteiger partial charge in [0.2, 0.25) is 0 Å². The molecule has 0 aliphatic rings. The molecule has 0 spiro atoms. The van der Waals surface area contributed by atoms with E-state index in [4.69, 9.17) is 16.3 Å². The minimum Gasteiger partial charge on any atom is -0.465 e. The number of methoxy groups -OCH3 is 1. The van der Waals surface area contributed by atoms with E-state index in [2.05, 4.69) is 4.74 Å². The number of carbonyl (C=O) groups is 2. The van der Waals surface area contributed by atoms with Crippen molar-refractivity contribution >= 4 is 23.5 Å². The molecule has 0 fully saturated rings. The van der Waals surface area contributed by atoms with E-state index in [0.717, 1.165) is 5.56 Å². The number of carbonyl (C=O) groups excluding carboxylic acids is 2. The lowest BCUT2D eigenvalue weighted by Crippen LogP contribution is -2.13. The largest absolute Gasteiger partial charge is 0.465 e. The van der Waals surface area contributed by atoms with Crippen LogP contribution in [0.4, 0.5) is 0 Å². The maximum atomic E-state index is 12.2. The molecule has 0 saturated heterocycles. The maximum absolute atomic E-state index is 12.2. The minimum absolute atomic E-state index is 0.104. The molecular weight excluding hydrogens is 292 g/mol. The molecule has 0 aliphatic heterocycles. The van der Waals surface area contributed by atoms with Gasteiger partial charge in [-0.15, -0.1) is 0 Å². The van der Waals surface area contributed by atoms with Gasteiger partial charge in [0.1, 0.15) is 11.3 Å². The van der Waals surface area contributed by atoms with Crippen molar-refractivity contribution in [3.8, 4) is 5.75 Å². The fourth-order valence-corrected chi connectivity index (χ4v) is 1.99. The number of esters is 2. The Morgan fingerprint density at radius 3 is 2.38 bits per heavy atom. The number of hydrogen-bond donors (Lipinski definition) is 0. The molecule has 2 rings (SSSR count). The zero-order valence-corrected chi connectivity index (χ0v) is 12.3. The van der Waals surface area contributed by atoms with E-state index in [1.54, 1.807) is 25.1 Å². The number of halogens is 1. The first-order valence-corrected chi connectivity index (χ1v) is 6.56. The Labute approximate surface area is 127 Å². The predicted octanol–water partition coefficient (Wildman–Crippen LogP) is 3.65. The van der Waals surface area contributed by atoms with Gasteiger partial charge >= 0.3 is 11.9 Å². The molecule has 2 aromatic carbocycles. The molecule has 0 unspecified atom stereocenters. The number of rotatable bonds is 3. The highest BCUT2D eigenvalue weighted by Crippen LogP contribution is 2.25. The molecule has 21 heavy (non-hydrogen) atoms. The van der Waals surface area contributed by atoms with Crippen LogP contribution in [0.5, 0.6) is 5.75 Å². The summed E-state index contributed by atoms with van der Waals surface area (Å²) in [5, 5.41) is 0.353. The van der Waals surface area contributed by atoms with Crippen molar-refractivity contribution in [3.63, 3.8) is 0 Å². The number of benzene rings is 2. The standard InChI is InChI=1S/C16H13ClO4/c1-10-5-3-4-6-12(10)16(19)21-14-8-7-11(17)9-13(14)15(18)20-2/h3-9H,1-2H3. The maximum Gasteiger partial charge on any atom is 0.343 e. The summed E-state index contributed by atoms with van der Waals surface area (Å²) in [5.41, 5.74) is 1.33. The topological polar surface area (TPSA) is 52.6 Å². The van der Waals surface area contributed by atoms with Gasteiger partial charge in [0.25, 0.3) is 0 Å². The van der Waals surface area contributed by atoms with Crippen LogP contribution >= 0.6 is 11.6 Å². The molecular formula is C16H13ClO4. The molecule has 0 radical (unpaired) electrons. The molecule has 0 bridgehead atoms. The highest BCUT2D eigenvalue weighted by Gasteiger charge is 2.18. The van der Waals surface area contributed by atoms with Gasteiger partial charge in [-0.05, 0) is 36.8 Å². The lowest BCUT2D eigenvalue weighted by atomic mass is 10.1. The Bertz CT molecular complexity index is 694. The van der Waals surface area contributed by atoms with Gasteiger partial charge in [-0.25, -0.2) is 9.59 Å². The quantitative estimate of drug-likeness (QED) is 0.641. The van der Waals surface area contributed by atoms with Crippen LogP contribution in [-0.4, -0.2) is 19.0 Å². The summed E-state index contributed by atoms with van der Waals surface area (Å²) in [6.07, 6.45) is 0. The highest BCUT2D eigenvalue weighted by atomic mass is 35.5. The third-order valence-electron chi connectivity index (χ3n) is 2.91. The second kappa shape index (κ2) is 6.41. The van der Waals surface area contributed by atoms with Gasteiger partial charge in [-0.2, -0.15) is 0 Å². The molecule has 108 valence electrons. The lowest BCUT2D eigenvalue weighted by Gasteiger charge is -2.10. The van der Waals surface area contributed by atoms with Crippen LogP contribution in [0, 0.1) is 6.92 Å². The van der Waals surface area contributed by atoms with Crippen LogP contribution in [0.1, 0.15) is 26.3 Å². The molecule has 5 heteroatoms.